The molecule has 1 aliphatic heterocycles. The standard InChI is InChI=1S/C23H28O6S/c1-16-8-11-19(12-9-16)30(26,27)28-15-21(25)23-14-20(24)17(2)22(29-23)13-10-18-6-4-3-5-7-18/h3-13,17,20-25H,14-15H2,1-2H3/b13-10+/t17-,20-,21+,22+,23-/m1/s1. The monoisotopic (exact) mass is 432 g/mol. The Bertz CT molecular complexity index is 939. The number of aliphatic hydroxyl groups is 2. The Morgan fingerprint density at radius 2 is 1.83 bits per heavy atom. The highest BCUT2D eigenvalue weighted by atomic mass is 32.2. The van der Waals surface area contributed by atoms with Crippen molar-refractivity contribution >= 4 is 16.2 Å². The molecule has 30 heavy (non-hydrogen) atoms. The van der Waals surface area contributed by atoms with E-state index in [0.29, 0.717) is 0 Å². The van der Waals surface area contributed by atoms with Crippen LogP contribution in [0.15, 0.2) is 65.6 Å². The van der Waals surface area contributed by atoms with Gasteiger partial charge in [0, 0.05) is 12.3 Å². The number of hydrogen-bond acceptors (Lipinski definition) is 6. The summed E-state index contributed by atoms with van der Waals surface area (Å²) in [5.74, 6) is -0.161. The third-order valence-electron chi connectivity index (χ3n) is 5.34. The first-order valence-corrected chi connectivity index (χ1v) is 11.4. The number of benzene rings is 2. The molecule has 0 bridgehead atoms. The molecule has 2 aromatic carbocycles. The summed E-state index contributed by atoms with van der Waals surface area (Å²) >= 11 is 0. The van der Waals surface area contributed by atoms with Crippen molar-refractivity contribution in [2.24, 2.45) is 5.92 Å². The number of aryl methyl sites for hydroxylation is 1. The maximum Gasteiger partial charge on any atom is 0.297 e. The summed E-state index contributed by atoms with van der Waals surface area (Å²) in [6, 6.07) is 16.0. The molecule has 6 nitrogen and oxygen atoms in total. The fourth-order valence-corrected chi connectivity index (χ4v) is 4.26. The minimum atomic E-state index is -3.99. The van der Waals surface area contributed by atoms with Crippen LogP contribution in [-0.2, 0) is 19.0 Å². The van der Waals surface area contributed by atoms with E-state index >= 15 is 0 Å². The van der Waals surface area contributed by atoms with Crippen molar-refractivity contribution in [2.75, 3.05) is 6.61 Å². The summed E-state index contributed by atoms with van der Waals surface area (Å²) in [6.45, 7) is 3.29. The normalized spacial score (nSPS) is 26.0. The molecule has 1 heterocycles. The molecule has 2 aromatic rings. The second kappa shape index (κ2) is 9.85. The molecule has 1 saturated heterocycles. The maximum absolute atomic E-state index is 12.3. The molecule has 1 fully saturated rings. The van der Waals surface area contributed by atoms with E-state index in [4.69, 9.17) is 8.92 Å². The number of rotatable bonds is 7. The number of ether oxygens (including phenoxy) is 1. The zero-order chi connectivity index (χ0) is 21.7. The van der Waals surface area contributed by atoms with Gasteiger partial charge in [0.25, 0.3) is 10.1 Å². The zero-order valence-corrected chi connectivity index (χ0v) is 17.9. The van der Waals surface area contributed by atoms with Crippen LogP contribution in [0.25, 0.3) is 6.08 Å². The van der Waals surface area contributed by atoms with Gasteiger partial charge in [0.05, 0.1) is 29.8 Å². The Morgan fingerprint density at radius 1 is 1.17 bits per heavy atom. The fourth-order valence-electron chi connectivity index (χ4n) is 3.33. The van der Waals surface area contributed by atoms with Gasteiger partial charge in [-0.05, 0) is 24.6 Å². The Hall–Kier alpha value is -2.03. The van der Waals surface area contributed by atoms with Crippen LogP contribution in [-0.4, -0.2) is 49.7 Å². The molecule has 0 unspecified atom stereocenters. The van der Waals surface area contributed by atoms with E-state index < -0.39 is 41.1 Å². The lowest BCUT2D eigenvalue weighted by Gasteiger charge is -2.38. The lowest BCUT2D eigenvalue weighted by Crippen LogP contribution is -2.47. The van der Waals surface area contributed by atoms with Gasteiger partial charge in [0.1, 0.15) is 6.10 Å². The zero-order valence-electron chi connectivity index (χ0n) is 17.1. The molecule has 0 saturated carbocycles. The van der Waals surface area contributed by atoms with E-state index in [1.54, 1.807) is 12.1 Å². The van der Waals surface area contributed by atoms with Crippen LogP contribution in [0.4, 0.5) is 0 Å². The van der Waals surface area contributed by atoms with E-state index in [-0.39, 0.29) is 17.2 Å². The van der Waals surface area contributed by atoms with Crippen LogP contribution < -0.4 is 0 Å². The Balaban J connectivity index is 1.62. The molecule has 0 aromatic heterocycles. The number of aliphatic hydroxyl groups excluding tert-OH is 2. The largest absolute Gasteiger partial charge is 0.393 e. The SMILES string of the molecule is Cc1ccc(S(=O)(=O)OC[C@H](O)[C@H]2C[C@@H](O)[C@@H](C)[C@H](/C=C/c3ccccc3)O2)cc1. The van der Waals surface area contributed by atoms with Gasteiger partial charge >= 0.3 is 0 Å². The topological polar surface area (TPSA) is 93.1 Å². The first-order chi connectivity index (χ1) is 14.3. The highest BCUT2D eigenvalue weighted by Gasteiger charge is 2.37. The van der Waals surface area contributed by atoms with E-state index in [9.17, 15) is 18.6 Å². The quantitative estimate of drug-likeness (QED) is 0.654. The average Bonchev–Trinajstić information content (AvgIpc) is 2.74. The summed E-state index contributed by atoms with van der Waals surface area (Å²) in [5.41, 5.74) is 1.93. The van der Waals surface area contributed by atoms with E-state index in [1.165, 1.54) is 12.1 Å². The van der Waals surface area contributed by atoms with Gasteiger partial charge in [0.2, 0.25) is 0 Å². The minimum absolute atomic E-state index is 0.0298. The van der Waals surface area contributed by atoms with Gasteiger partial charge in [-0.25, -0.2) is 0 Å². The van der Waals surface area contributed by atoms with Gasteiger partial charge in [0.15, 0.2) is 0 Å². The van der Waals surface area contributed by atoms with Crippen LogP contribution >= 0.6 is 0 Å². The van der Waals surface area contributed by atoms with Crippen LogP contribution in [0.3, 0.4) is 0 Å². The van der Waals surface area contributed by atoms with Crippen molar-refractivity contribution in [3.05, 3.63) is 71.8 Å². The highest BCUT2D eigenvalue weighted by molar-refractivity contribution is 7.86. The second-order valence-corrected chi connectivity index (χ2v) is 9.31. The van der Waals surface area contributed by atoms with Gasteiger partial charge in [-0.2, -0.15) is 8.42 Å². The molecule has 7 heteroatoms. The van der Waals surface area contributed by atoms with Crippen LogP contribution in [0.2, 0.25) is 0 Å². The van der Waals surface area contributed by atoms with Crippen molar-refractivity contribution < 1.29 is 27.6 Å². The van der Waals surface area contributed by atoms with Crippen LogP contribution in [0.1, 0.15) is 24.5 Å². The van der Waals surface area contributed by atoms with Crippen molar-refractivity contribution in [2.45, 2.75) is 49.6 Å². The fraction of sp³-hybridized carbons (Fsp3) is 0.391. The molecule has 0 amide bonds. The third-order valence-corrected chi connectivity index (χ3v) is 6.64. The van der Waals surface area contributed by atoms with Gasteiger partial charge < -0.3 is 14.9 Å². The first-order valence-electron chi connectivity index (χ1n) is 9.97. The summed E-state index contributed by atoms with van der Waals surface area (Å²) in [5, 5.41) is 20.9. The minimum Gasteiger partial charge on any atom is -0.393 e. The predicted octanol–water partition coefficient (Wildman–Crippen LogP) is 2.93. The highest BCUT2D eigenvalue weighted by Crippen LogP contribution is 2.29. The molecule has 0 radical (unpaired) electrons. The smallest absolute Gasteiger partial charge is 0.297 e. The summed E-state index contributed by atoms with van der Waals surface area (Å²) < 4.78 is 35.7. The van der Waals surface area contributed by atoms with E-state index in [1.807, 2.05) is 56.3 Å². The Kier molecular flexibility index (Phi) is 7.44. The molecule has 5 atom stereocenters. The molecular weight excluding hydrogens is 404 g/mol. The van der Waals surface area contributed by atoms with Crippen LogP contribution in [0, 0.1) is 12.8 Å². The van der Waals surface area contributed by atoms with Crippen molar-refractivity contribution in [1.29, 1.82) is 0 Å². The predicted molar refractivity (Wildman–Crippen MR) is 114 cm³/mol. The Morgan fingerprint density at radius 3 is 2.50 bits per heavy atom. The second-order valence-electron chi connectivity index (χ2n) is 7.69. The lowest BCUT2D eigenvalue weighted by molar-refractivity contribution is -0.152. The number of hydrogen-bond donors (Lipinski definition) is 2. The molecular formula is C23H28O6S. The van der Waals surface area contributed by atoms with Crippen molar-refractivity contribution in [3.63, 3.8) is 0 Å². The summed E-state index contributed by atoms with van der Waals surface area (Å²) in [7, 11) is -3.99. The first kappa shape index (κ1) is 22.7. The molecule has 2 N–H and O–H groups in total. The Labute approximate surface area is 177 Å². The van der Waals surface area contributed by atoms with E-state index in [0.717, 1.165) is 11.1 Å². The lowest BCUT2D eigenvalue weighted by atomic mass is 9.88. The molecule has 0 spiro atoms. The molecule has 0 aliphatic carbocycles. The summed E-state index contributed by atoms with van der Waals surface area (Å²) in [4.78, 5) is 0.0298. The average molecular weight is 433 g/mol. The van der Waals surface area contributed by atoms with Gasteiger partial charge in [-0.3, -0.25) is 4.18 Å². The third kappa shape index (κ3) is 5.77. The molecule has 162 valence electrons. The van der Waals surface area contributed by atoms with Crippen molar-refractivity contribution in [3.8, 4) is 0 Å². The van der Waals surface area contributed by atoms with Crippen LogP contribution in [0.5, 0.6) is 0 Å². The van der Waals surface area contributed by atoms with Gasteiger partial charge in [-0.1, -0.05) is 67.1 Å². The van der Waals surface area contributed by atoms with Gasteiger partial charge in [-0.15, -0.1) is 0 Å². The van der Waals surface area contributed by atoms with E-state index in [2.05, 4.69) is 0 Å². The summed E-state index contributed by atoms with van der Waals surface area (Å²) in [6.07, 6.45) is 0.925. The molecule has 1 aliphatic rings. The maximum atomic E-state index is 12.3. The molecule has 3 rings (SSSR count). The van der Waals surface area contributed by atoms with Crippen molar-refractivity contribution in [1.82, 2.24) is 0 Å².